The van der Waals surface area contributed by atoms with E-state index < -0.39 is 29.2 Å². The highest BCUT2D eigenvalue weighted by atomic mass is 19.1. The Morgan fingerprint density at radius 2 is 2.05 bits per heavy atom. The Morgan fingerprint density at radius 1 is 1.33 bits per heavy atom. The first-order valence-corrected chi connectivity index (χ1v) is 5.92. The van der Waals surface area contributed by atoms with Crippen LogP contribution in [0.5, 0.6) is 0 Å². The summed E-state index contributed by atoms with van der Waals surface area (Å²) in [5.74, 6) is -3.58. The van der Waals surface area contributed by atoms with Gasteiger partial charge in [-0.2, -0.15) is 0 Å². The van der Waals surface area contributed by atoms with Gasteiger partial charge in [-0.3, -0.25) is 14.5 Å². The Hall–Kier alpha value is -2.74. The van der Waals surface area contributed by atoms with Gasteiger partial charge in [0.05, 0.1) is 18.7 Å². The minimum atomic E-state index is -1.44. The number of carboxylic acid groups (broad SMARTS) is 1. The molecule has 1 aromatic rings. The highest BCUT2D eigenvalue weighted by Crippen LogP contribution is 2.19. The lowest BCUT2D eigenvalue weighted by molar-refractivity contribution is -0.137. The Kier molecular flexibility index (Phi) is 3.99. The van der Waals surface area contributed by atoms with Gasteiger partial charge >= 0.3 is 5.97 Å². The number of amides is 2. The number of aromatic carboxylic acids is 1. The number of aliphatic hydroxyl groups excluding tert-OH is 1. The topological polar surface area (TPSA) is 107 Å². The number of benzene rings is 1. The first-order valence-electron chi connectivity index (χ1n) is 5.92. The highest BCUT2D eigenvalue weighted by Gasteiger charge is 2.30. The Labute approximate surface area is 118 Å². The second-order valence-electron chi connectivity index (χ2n) is 4.20. The fraction of sp³-hybridized carbons (Fsp3) is 0.154. The van der Waals surface area contributed by atoms with Gasteiger partial charge in [-0.25, -0.2) is 9.18 Å². The van der Waals surface area contributed by atoms with Crippen LogP contribution in [-0.2, 0) is 9.59 Å². The van der Waals surface area contributed by atoms with Gasteiger partial charge < -0.3 is 15.5 Å². The monoisotopic (exact) mass is 294 g/mol. The summed E-state index contributed by atoms with van der Waals surface area (Å²) in [7, 11) is 0. The summed E-state index contributed by atoms with van der Waals surface area (Å²) < 4.78 is 13.3. The number of aliphatic hydroxyl groups is 1. The normalized spacial score (nSPS) is 14.4. The highest BCUT2D eigenvalue weighted by molar-refractivity contribution is 6.17. The molecule has 3 N–H and O–H groups in total. The van der Waals surface area contributed by atoms with Crippen LogP contribution < -0.4 is 5.32 Å². The van der Waals surface area contributed by atoms with Gasteiger partial charge in [0.15, 0.2) is 0 Å². The Bertz CT molecular complexity index is 656. The first kappa shape index (κ1) is 14.7. The number of carbonyl (C=O) groups is 3. The van der Waals surface area contributed by atoms with E-state index in [9.17, 15) is 18.8 Å². The van der Waals surface area contributed by atoms with Crippen molar-refractivity contribution in [2.75, 3.05) is 18.5 Å². The molecule has 1 aliphatic rings. The van der Waals surface area contributed by atoms with Crippen LogP contribution in [0.1, 0.15) is 10.4 Å². The summed E-state index contributed by atoms with van der Waals surface area (Å²) in [5, 5.41) is 20.2. The number of imide groups is 1. The van der Waals surface area contributed by atoms with Crippen molar-refractivity contribution in [3.05, 3.63) is 41.4 Å². The molecule has 1 aromatic carbocycles. The zero-order chi connectivity index (χ0) is 15.6. The maximum atomic E-state index is 13.3. The van der Waals surface area contributed by atoms with Crippen molar-refractivity contribution in [1.82, 2.24) is 4.90 Å². The van der Waals surface area contributed by atoms with E-state index in [1.54, 1.807) is 0 Å². The second-order valence-corrected chi connectivity index (χ2v) is 4.20. The fourth-order valence-corrected chi connectivity index (χ4v) is 1.83. The molecule has 0 saturated carbocycles. The summed E-state index contributed by atoms with van der Waals surface area (Å²) in [6.45, 7) is -0.499. The molecule has 0 aromatic heterocycles. The largest absolute Gasteiger partial charge is 0.478 e. The van der Waals surface area contributed by atoms with Crippen molar-refractivity contribution in [3.8, 4) is 0 Å². The summed E-state index contributed by atoms with van der Waals surface area (Å²) in [6.07, 6.45) is 1.03. The number of anilines is 1. The zero-order valence-electron chi connectivity index (χ0n) is 10.7. The van der Waals surface area contributed by atoms with Crippen molar-refractivity contribution in [2.24, 2.45) is 0 Å². The van der Waals surface area contributed by atoms with Crippen LogP contribution in [0.15, 0.2) is 30.0 Å². The van der Waals surface area contributed by atoms with E-state index in [0.717, 1.165) is 23.1 Å². The van der Waals surface area contributed by atoms with E-state index in [1.807, 2.05) is 0 Å². The van der Waals surface area contributed by atoms with E-state index in [0.29, 0.717) is 0 Å². The molecule has 0 saturated heterocycles. The van der Waals surface area contributed by atoms with Gasteiger partial charge in [0.2, 0.25) is 0 Å². The third-order valence-corrected chi connectivity index (χ3v) is 2.81. The summed E-state index contributed by atoms with van der Waals surface area (Å²) in [4.78, 5) is 35.1. The lowest BCUT2D eigenvalue weighted by Crippen LogP contribution is -2.34. The number of hydrogen-bond donors (Lipinski definition) is 3. The third kappa shape index (κ3) is 2.90. The molecule has 1 aliphatic heterocycles. The molecule has 0 unspecified atom stereocenters. The van der Waals surface area contributed by atoms with Crippen LogP contribution in [0.25, 0.3) is 0 Å². The molecule has 0 fully saturated rings. The standard InChI is InChI=1S/C13H11FN2O5/c14-9-2-1-7(5-8(9)13(20)21)15-10-6-11(18)16(3-4-17)12(10)19/h1-2,5-6,15,17H,3-4H2,(H,20,21). The molecule has 0 aliphatic carbocycles. The van der Waals surface area contributed by atoms with E-state index in [1.165, 1.54) is 6.07 Å². The molecular weight excluding hydrogens is 283 g/mol. The molecule has 2 amide bonds. The van der Waals surface area contributed by atoms with Gasteiger partial charge in [-0.1, -0.05) is 0 Å². The van der Waals surface area contributed by atoms with Crippen LogP contribution in [0.4, 0.5) is 10.1 Å². The predicted molar refractivity (Wildman–Crippen MR) is 68.9 cm³/mol. The van der Waals surface area contributed by atoms with Gasteiger partial charge in [-0.05, 0) is 18.2 Å². The lowest BCUT2D eigenvalue weighted by atomic mass is 10.2. The van der Waals surface area contributed by atoms with Gasteiger partial charge in [0.25, 0.3) is 11.8 Å². The zero-order valence-corrected chi connectivity index (χ0v) is 10.7. The van der Waals surface area contributed by atoms with Crippen LogP contribution in [-0.4, -0.2) is 46.0 Å². The van der Waals surface area contributed by atoms with E-state index in [4.69, 9.17) is 10.2 Å². The Morgan fingerprint density at radius 3 is 2.67 bits per heavy atom. The first-order chi connectivity index (χ1) is 9.93. The lowest BCUT2D eigenvalue weighted by Gasteiger charge is -2.13. The number of carbonyl (C=O) groups excluding carboxylic acids is 2. The maximum Gasteiger partial charge on any atom is 0.338 e. The molecule has 7 nitrogen and oxygen atoms in total. The quantitative estimate of drug-likeness (QED) is 0.669. The van der Waals surface area contributed by atoms with Crippen molar-refractivity contribution < 1.29 is 29.0 Å². The van der Waals surface area contributed by atoms with Crippen molar-refractivity contribution in [3.63, 3.8) is 0 Å². The molecule has 21 heavy (non-hydrogen) atoms. The number of halogens is 1. The number of rotatable bonds is 5. The molecule has 1 heterocycles. The molecule has 8 heteroatoms. The second kappa shape index (κ2) is 5.71. The van der Waals surface area contributed by atoms with Crippen LogP contribution in [0.3, 0.4) is 0 Å². The summed E-state index contributed by atoms with van der Waals surface area (Å²) in [5.41, 5.74) is -0.465. The Balaban J connectivity index is 2.22. The average Bonchev–Trinajstić information content (AvgIpc) is 2.69. The maximum absolute atomic E-state index is 13.3. The molecular formula is C13H11FN2O5. The number of nitrogens with one attached hydrogen (secondary N) is 1. The smallest absolute Gasteiger partial charge is 0.338 e. The van der Waals surface area contributed by atoms with E-state index in [2.05, 4.69) is 5.32 Å². The van der Waals surface area contributed by atoms with Gasteiger partial charge in [-0.15, -0.1) is 0 Å². The van der Waals surface area contributed by atoms with E-state index >= 15 is 0 Å². The van der Waals surface area contributed by atoms with Gasteiger partial charge in [0, 0.05) is 11.8 Å². The van der Waals surface area contributed by atoms with E-state index in [-0.39, 0.29) is 24.5 Å². The average molecular weight is 294 g/mol. The van der Waals surface area contributed by atoms with Crippen LogP contribution in [0, 0.1) is 5.82 Å². The number of carboxylic acids is 1. The number of β-amino-alcohol motifs (C(OH)–C–C–N with tert-alkyl or cyclic N) is 1. The summed E-state index contributed by atoms with van der Waals surface area (Å²) in [6, 6.07) is 3.21. The summed E-state index contributed by atoms with van der Waals surface area (Å²) >= 11 is 0. The van der Waals surface area contributed by atoms with Crippen molar-refractivity contribution in [2.45, 2.75) is 0 Å². The van der Waals surface area contributed by atoms with Crippen molar-refractivity contribution >= 4 is 23.5 Å². The van der Waals surface area contributed by atoms with Crippen LogP contribution >= 0.6 is 0 Å². The minimum absolute atomic E-state index is 0.0728. The molecule has 0 atom stereocenters. The number of nitrogens with zero attached hydrogens (tertiary/aromatic N) is 1. The molecule has 0 bridgehead atoms. The molecule has 0 radical (unpaired) electrons. The van der Waals surface area contributed by atoms with Crippen molar-refractivity contribution in [1.29, 1.82) is 0 Å². The molecule has 0 spiro atoms. The minimum Gasteiger partial charge on any atom is -0.478 e. The SMILES string of the molecule is O=C(O)c1cc(NC2=CC(=O)N(CCO)C2=O)ccc1F. The predicted octanol–water partition coefficient (Wildman–Crippen LogP) is 0.181. The third-order valence-electron chi connectivity index (χ3n) is 2.81. The van der Waals surface area contributed by atoms with Gasteiger partial charge in [0.1, 0.15) is 11.5 Å². The molecule has 110 valence electrons. The van der Waals surface area contributed by atoms with Crippen LogP contribution in [0.2, 0.25) is 0 Å². The number of hydrogen-bond acceptors (Lipinski definition) is 5. The fourth-order valence-electron chi connectivity index (χ4n) is 1.83. The molecule has 2 rings (SSSR count).